The molecule has 29 heavy (non-hydrogen) atoms. The molecule has 2 aromatic heterocycles. The molecule has 0 fully saturated rings. The first-order chi connectivity index (χ1) is 14.1. The third-order valence-electron chi connectivity index (χ3n) is 4.13. The molecule has 0 aliphatic carbocycles. The molecule has 0 saturated heterocycles. The van der Waals surface area contributed by atoms with Gasteiger partial charge in [0.25, 0.3) is 11.8 Å². The number of nitrogens with zero attached hydrogens (tertiary/aromatic N) is 2. The van der Waals surface area contributed by atoms with Crippen LogP contribution in [0.5, 0.6) is 11.5 Å². The molecule has 7 nitrogen and oxygen atoms in total. The fourth-order valence-corrected chi connectivity index (χ4v) is 2.76. The Kier molecular flexibility index (Phi) is 5.11. The zero-order valence-corrected chi connectivity index (χ0v) is 15.9. The molecular formula is C22H18N2O5. The molecule has 0 bridgehead atoms. The molecule has 0 atom stereocenters. The van der Waals surface area contributed by atoms with Crippen LogP contribution < -0.4 is 4.74 Å². The normalized spacial score (nSPS) is 10.7. The zero-order valence-electron chi connectivity index (χ0n) is 15.9. The summed E-state index contributed by atoms with van der Waals surface area (Å²) in [6.45, 7) is 3.53. The minimum absolute atomic E-state index is 0.121. The van der Waals surface area contributed by atoms with Gasteiger partial charge in [0.2, 0.25) is 0 Å². The summed E-state index contributed by atoms with van der Waals surface area (Å²) >= 11 is 0. The fourth-order valence-electron chi connectivity index (χ4n) is 2.76. The van der Waals surface area contributed by atoms with Gasteiger partial charge in [0.1, 0.15) is 23.0 Å². The molecule has 0 N–H and O–H groups in total. The molecule has 0 saturated carbocycles. The van der Waals surface area contributed by atoms with Gasteiger partial charge < -0.3 is 18.3 Å². The number of ether oxygens (including phenoxy) is 2. The summed E-state index contributed by atoms with van der Waals surface area (Å²) < 4.78 is 22.0. The van der Waals surface area contributed by atoms with Crippen LogP contribution in [0, 0.1) is 13.8 Å². The summed E-state index contributed by atoms with van der Waals surface area (Å²) in [4.78, 5) is 12.3. The predicted octanol–water partition coefficient (Wildman–Crippen LogP) is 5.10. The predicted molar refractivity (Wildman–Crippen MR) is 104 cm³/mol. The quantitative estimate of drug-likeness (QED) is 0.423. The minimum Gasteiger partial charge on any atom is -0.466 e. The molecular weight excluding hydrogens is 372 g/mol. The van der Waals surface area contributed by atoms with Crippen molar-refractivity contribution in [3.05, 3.63) is 83.6 Å². The van der Waals surface area contributed by atoms with Crippen molar-refractivity contribution >= 4 is 5.97 Å². The number of furan rings is 1. The zero-order chi connectivity index (χ0) is 20.2. The number of rotatable bonds is 6. The van der Waals surface area contributed by atoms with Crippen LogP contribution in [0.3, 0.4) is 0 Å². The van der Waals surface area contributed by atoms with E-state index in [1.807, 2.05) is 50.2 Å². The molecule has 0 amide bonds. The van der Waals surface area contributed by atoms with Crippen molar-refractivity contribution in [1.82, 2.24) is 10.2 Å². The Hall–Kier alpha value is -3.87. The van der Waals surface area contributed by atoms with Gasteiger partial charge >= 0.3 is 5.97 Å². The van der Waals surface area contributed by atoms with Gasteiger partial charge in [-0.15, -0.1) is 10.2 Å². The van der Waals surface area contributed by atoms with E-state index in [2.05, 4.69) is 10.2 Å². The van der Waals surface area contributed by atoms with E-state index in [-0.39, 0.29) is 12.5 Å². The summed E-state index contributed by atoms with van der Waals surface area (Å²) in [5.41, 5.74) is 1.12. The molecule has 7 heteroatoms. The molecule has 0 spiro atoms. The van der Waals surface area contributed by atoms with Crippen molar-refractivity contribution in [2.75, 3.05) is 0 Å². The smallest absolute Gasteiger partial charge is 0.338 e. The van der Waals surface area contributed by atoms with Gasteiger partial charge in [-0.2, -0.15) is 0 Å². The number of carbonyl (C=O) groups excluding carboxylic acids is 1. The molecule has 0 unspecified atom stereocenters. The van der Waals surface area contributed by atoms with Crippen LogP contribution in [0.1, 0.15) is 27.8 Å². The Labute approximate surface area is 166 Å². The Balaban J connectivity index is 1.36. The summed E-state index contributed by atoms with van der Waals surface area (Å²) in [6, 6.07) is 17.9. The molecule has 2 heterocycles. The minimum atomic E-state index is -0.494. The number of esters is 1. The van der Waals surface area contributed by atoms with E-state index in [4.69, 9.17) is 18.3 Å². The van der Waals surface area contributed by atoms with Crippen molar-refractivity contribution in [3.63, 3.8) is 0 Å². The summed E-state index contributed by atoms with van der Waals surface area (Å²) in [5, 5.41) is 7.89. The average Bonchev–Trinajstić information content (AvgIpc) is 3.33. The van der Waals surface area contributed by atoms with Crippen molar-refractivity contribution < 1.29 is 23.1 Å². The number of para-hydroxylation sites is 1. The second-order valence-electron chi connectivity index (χ2n) is 6.34. The first-order valence-corrected chi connectivity index (χ1v) is 8.98. The molecule has 0 aliphatic heterocycles. The maximum Gasteiger partial charge on any atom is 0.338 e. The maximum atomic E-state index is 12.3. The first-order valence-electron chi connectivity index (χ1n) is 8.98. The van der Waals surface area contributed by atoms with Crippen LogP contribution in [-0.4, -0.2) is 16.2 Å². The summed E-state index contributed by atoms with van der Waals surface area (Å²) in [5.74, 6) is 2.82. The highest BCUT2D eigenvalue weighted by molar-refractivity contribution is 5.89. The third kappa shape index (κ3) is 4.35. The highest BCUT2D eigenvalue weighted by Crippen LogP contribution is 2.25. The first kappa shape index (κ1) is 18.5. The SMILES string of the molecule is Cc1cc(-c2nnc(COC(=O)c3ccc(Oc4ccccc4)cc3)o2)c(C)o1. The van der Waals surface area contributed by atoms with E-state index in [0.29, 0.717) is 23.0 Å². The van der Waals surface area contributed by atoms with Gasteiger partial charge in [0.15, 0.2) is 6.61 Å². The lowest BCUT2D eigenvalue weighted by atomic mass is 10.2. The third-order valence-corrected chi connectivity index (χ3v) is 4.13. The van der Waals surface area contributed by atoms with E-state index < -0.39 is 5.97 Å². The maximum absolute atomic E-state index is 12.3. The summed E-state index contributed by atoms with van der Waals surface area (Å²) in [6.07, 6.45) is 0. The molecule has 4 aromatic rings. The number of benzene rings is 2. The topological polar surface area (TPSA) is 87.6 Å². The fraction of sp³-hybridized carbons (Fsp3) is 0.136. The lowest BCUT2D eigenvalue weighted by Crippen LogP contribution is -2.05. The highest BCUT2D eigenvalue weighted by Gasteiger charge is 2.16. The second kappa shape index (κ2) is 8.02. The highest BCUT2D eigenvalue weighted by atomic mass is 16.5. The van der Waals surface area contributed by atoms with Crippen LogP contribution in [-0.2, 0) is 11.3 Å². The van der Waals surface area contributed by atoms with E-state index in [1.54, 1.807) is 24.3 Å². The Morgan fingerprint density at radius 2 is 1.66 bits per heavy atom. The lowest BCUT2D eigenvalue weighted by molar-refractivity contribution is 0.0438. The Morgan fingerprint density at radius 1 is 0.931 bits per heavy atom. The number of hydrogen-bond acceptors (Lipinski definition) is 7. The summed E-state index contributed by atoms with van der Waals surface area (Å²) in [7, 11) is 0. The van der Waals surface area contributed by atoms with Gasteiger partial charge in [0.05, 0.1) is 11.1 Å². The largest absolute Gasteiger partial charge is 0.466 e. The van der Waals surface area contributed by atoms with Crippen LogP contribution in [0.2, 0.25) is 0 Å². The average molecular weight is 390 g/mol. The lowest BCUT2D eigenvalue weighted by Gasteiger charge is -2.06. The number of aryl methyl sites for hydroxylation is 2. The van der Waals surface area contributed by atoms with Gasteiger partial charge in [-0.1, -0.05) is 18.2 Å². The number of aromatic nitrogens is 2. The molecule has 0 aliphatic rings. The Bertz CT molecular complexity index is 1110. The number of carbonyl (C=O) groups is 1. The van der Waals surface area contributed by atoms with E-state index in [0.717, 1.165) is 17.1 Å². The second-order valence-corrected chi connectivity index (χ2v) is 6.34. The number of hydrogen-bond donors (Lipinski definition) is 0. The van der Waals surface area contributed by atoms with Crippen LogP contribution in [0.4, 0.5) is 0 Å². The van der Waals surface area contributed by atoms with Gasteiger partial charge in [-0.05, 0) is 56.3 Å². The van der Waals surface area contributed by atoms with Crippen LogP contribution in [0.25, 0.3) is 11.5 Å². The van der Waals surface area contributed by atoms with E-state index >= 15 is 0 Å². The van der Waals surface area contributed by atoms with Crippen LogP contribution in [0.15, 0.2) is 69.5 Å². The molecule has 0 radical (unpaired) electrons. The van der Waals surface area contributed by atoms with E-state index in [9.17, 15) is 4.79 Å². The molecule has 146 valence electrons. The molecule has 2 aromatic carbocycles. The van der Waals surface area contributed by atoms with Gasteiger partial charge in [0, 0.05) is 0 Å². The van der Waals surface area contributed by atoms with Crippen LogP contribution >= 0.6 is 0 Å². The Morgan fingerprint density at radius 3 is 2.34 bits per heavy atom. The molecule has 4 rings (SSSR count). The van der Waals surface area contributed by atoms with Crippen molar-refractivity contribution in [2.24, 2.45) is 0 Å². The standard InChI is InChI=1S/C22H18N2O5/c1-14-12-19(15(2)27-14)21-24-23-20(29-21)13-26-22(25)16-8-10-18(11-9-16)28-17-6-4-3-5-7-17/h3-12H,13H2,1-2H3. The van der Waals surface area contributed by atoms with Gasteiger partial charge in [-0.3, -0.25) is 0 Å². The van der Waals surface area contributed by atoms with Crippen molar-refractivity contribution in [1.29, 1.82) is 0 Å². The monoisotopic (exact) mass is 390 g/mol. The van der Waals surface area contributed by atoms with E-state index in [1.165, 1.54) is 0 Å². The van der Waals surface area contributed by atoms with Crippen molar-refractivity contribution in [2.45, 2.75) is 20.5 Å². The van der Waals surface area contributed by atoms with Gasteiger partial charge in [-0.25, -0.2) is 4.79 Å². The van der Waals surface area contributed by atoms with Crippen molar-refractivity contribution in [3.8, 4) is 23.0 Å².